The molecule has 3 heterocycles. The van der Waals surface area contributed by atoms with Crippen molar-refractivity contribution < 1.29 is 18.0 Å². The van der Waals surface area contributed by atoms with Gasteiger partial charge in [-0.15, -0.1) is 5.10 Å². The Morgan fingerprint density at radius 3 is 2.10 bits per heavy atom. The Hall–Kier alpha value is -4.48. The zero-order valence-electron chi connectivity index (χ0n) is 22.0. The van der Waals surface area contributed by atoms with Crippen LogP contribution in [0.3, 0.4) is 0 Å². The third-order valence-corrected chi connectivity index (χ3v) is 5.66. The summed E-state index contributed by atoms with van der Waals surface area (Å²) in [5, 5.41) is 7.81. The molecule has 0 radical (unpaired) electrons. The molecule has 4 aromatic rings. The summed E-state index contributed by atoms with van der Waals surface area (Å²) in [6, 6.07) is 17.1. The number of nitrogens with two attached hydrogens (primary N) is 1. The molecule has 1 aliphatic heterocycles. The molecule has 2 aromatic carbocycles. The molecule has 0 unspecified atom stereocenters. The Balaban J connectivity index is 0.000000644. The van der Waals surface area contributed by atoms with E-state index in [0.717, 1.165) is 48.4 Å². The molecule has 0 aliphatic carbocycles. The summed E-state index contributed by atoms with van der Waals surface area (Å²) in [7, 11) is 1.84. The van der Waals surface area contributed by atoms with Crippen molar-refractivity contribution in [3.05, 3.63) is 66.4 Å². The number of carbonyl (C=O) groups excluding carboxylic acids is 1. The number of halogens is 3. The molecule has 0 bridgehead atoms. The number of likely N-dealkylation sites (tertiary alicyclic amines) is 1. The Kier molecular flexibility index (Phi) is 10.4. The molecule has 0 atom stereocenters. The van der Waals surface area contributed by atoms with Gasteiger partial charge in [-0.2, -0.15) is 18.2 Å². The van der Waals surface area contributed by atoms with Crippen LogP contribution in [-0.2, 0) is 7.05 Å². The second-order valence-electron chi connectivity index (χ2n) is 8.21. The van der Waals surface area contributed by atoms with Crippen LogP contribution in [0.5, 0.6) is 0 Å². The third kappa shape index (κ3) is 8.00. The van der Waals surface area contributed by atoms with Crippen molar-refractivity contribution in [3.8, 4) is 22.6 Å². The van der Waals surface area contributed by atoms with Gasteiger partial charge in [0.2, 0.25) is 11.9 Å². The normalized spacial score (nSPS) is 12.3. The maximum absolute atomic E-state index is 12.6. The van der Waals surface area contributed by atoms with E-state index in [1.165, 1.54) is 0 Å². The Bertz CT molecular complexity index is 1340. The lowest BCUT2D eigenvalue weighted by Crippen LogP contribution is -2.27. The minimum absolute atomic E-state index is 0.0866. The van der Waals surface area contributed by atoms with Crippen molar-refractivity contribution in [2.75, 3.05) is 24.1 Å². The highest BCUT2D eigenvalue weighted by Crippen LogP contribution is 2.24. The Labute approximate surface area is 224 Å². The fraction of sp³-hybridized carbons (Fsp3) is 0.296. The van der Waals surface area contributed by atoms with Crippen molar-refractivity contribution >= 4 is 23.5 Å². The van der Waals surface area contributed by atoms with Crippen LogP contribution in [0.1, 0.15) is 37.0 Å². The number of hydrogen-bond donors (Lipinski definition) is 2. The van der Waals surface area contributed by atoms with E-state index in [9.17, 15) is 18.0 Å². The quantitative estimate of drug-likeness (QED) is 0.333. The van der Waals surface area contributed by atoms with Crippen LogP contribution in [0.25, 0.3) is 22.6 Å². The highest BCUT2D eigenvalue weighted by molar-refractivity contribution is 5.94. The zero-order valence-corrected chi connectivity index (χ0v) is 22.0. The van der Waals surface area contributed by atoms with Crippen LogP contribution in [0.15, 0.2) is 60.8 Å². The van der Waals surface area contributed by atoms with E-state index in [4.69, 9.17) is 5.73 Å². The summed E-state index contributed by atoms with van der Waals surface area (Å²) in [4.78, 5) is 27.3. The average molecular weight is 541 g/mol. The molecule has 39 heavy (non-hydrogen) atoms. The maximum atomic E-state index is 12.6. The van der Waals surface area contributed by atoms with Gasteiger partial charge in [0, 0.05) is 48.7 Å². The molecule has 1 fully saturated rings. The van der Waals surface area contributed by atoms with Crippen LogP contribution in [0.2, 0.25) is 0 Å². The highest BCUT2D eigenvalue weighted by atomic mass is 19.4. The fourth-order valence-electron chi connectivity index (χ4n) is 3.87. The monoisotopic (exact) mass is 540 g/mol. The van der Waals surface area contributed by atoms with Crippen molar-refractivity contribution in [1.29, 1.82) is 0 Å². The largest absolute Gasteiger partial charge is 0.379 e. The zero-order chi connectivity index (χ0) is 28.4. The van der Waals surface area contributed by atoms with E-state index >= 15 is 0 Å². The molecule has 206 valence electrons. The van der Waals surface area contributed by atoms with E-state index in [0.29, 0.717) is 17.3 Å². The number of alkyl halides is 3. The molecule has 2 aromatic heterocycles. The first-order valence-electron chi connectivity index (χ1n) is 12.5. The lowest BCUT2D eigenvalue weighted by atomic mass is 10.1. The lowest BCUT2D eigenvalue weighted by molar-refractivity contribution is 0.00818. The van der Waals surface area contributed by atoms with E-state index in [1.54, 1.807) is 10.9 Å². The van der Waals surface area contributed by atoms with Gasteiger partial charge < -0.3 is 16.0 Å². The van der Waals surface area contributed by atoms with Crippen LogP contribution < -0.4 is 11.1 Å². The number of benzene rings is 2. The second kappa shape index (κ2) is 13.9. The average Bonchev–Trinajstić information content (AvgIpc) is 3.60. The number of hydrogen-bond acceptors (Lipinski definition) is 7. The maximum Gasteiger partial charge on any atom is 0.379 e. The first-order valence-corrected chi connectivity index (χ1v) is 12.5. The summed E-state index contributed by atoms with van der Waals surface area (Å²) in [5.41, 5.74) is 9.80. The minimum Gasteiger partial charge on any atom is -0.368 e. The van der Waals surface area contributed by atoms with Gasteiger partial charge in [-0.25, -0.2) is 14.6 Å². The Morgan fingerprint density at radius 1 is 0.923 bits per heavy atom. The summed E-state index contributed by atoms with van der Waals surface area (Å²) < 4.78 is 30.7. The number of carbonyl (C=O) groups is 1. The van der Waals surface area contributed by atoms with Gasteiger partial charge in [-0.1, -0.05) is 38.1 Å². The number of nitrogen functional groups attached to an aromatic ring is 1. The van der Waals surface area contributed by atoms with Gasteiger partial charge in [0.15, 0.2) is 5.82 Å². The van der Waals surface area contributed by atoms with Crippen molar-refractivity contribution in [1.82, 2.24) is 29.6 Å². The molecule has 0 spiro atoms. The number of anilines is 3. The van der Waals surface area contributed by atoms with E-state index in [-0.39, 0.29) is 11.9 Å². The van der Waals surface area contributed by atoms with Gasteiger partial charge in [-0.05, 0) is 43.2 Å². The van der Waals surface area contributed by atoms with Crippen molar-refractivity contribution in [2.24, 2.45) is 7.05 Å². The second-order valence-corrected chi connectivity index (χ2v) is 8.21. The molecule has 12 heteroatoms. The smallest absolute Gasteiger partial charge is 0.368 e. The van der Waals surface area contributed by atoms with Gasteiger partial charge in [0.1, 0.15) is 0 Å². The van der Waals surface area contributed by atoms with Crippen LogP contribution in [-0.4, -0.2) is 55.3 Å². The summed E-state index contributed by atoms with van der Waals surface area (Å²) in [5.74, 6) is 1.53. The number of rotatable bonds is 5. The van der Waals surface area contributed by atoms with E-state index in [2.05, 4.69) is 25.4 Å². The van der Waals surface area contributed by atoms with Gasteiger partial charge in [0.05, 0.1) is 5.69 Å². The first-order chi connectivity index (χ1) is 18.8. The number of amides is 1. The van der Waals surface area contributed by atoms with Crippen LogP contribution in [0, 0.1) is 0 Å². The van der Waals surface area contributed by atoms with Crippen LogP contribution >= 0.6 is 0 Å². The number of aromatic nitrogens is 5. The molecule has 3 N–H and O–H groups in total. The number of nitrogens with zero attached hydrogens (tertiary/aromatic N) is 6. The Morgan fingerprint density at radius 2 is 1.51 bits per heavy atom. The van der Waals surface area contributed by atoms with Crippen molar-refractivity contribution in [2.45, 2.75) is 33.4 Å². The van der Waals surface area contributed by atoms with E-state index in [1.807, 2.05) is 80.4 Å². The third-order valence-electron chi connectivity index (χ3n) is 5.66. The summed E-state index contributed by atoms with van der Waals surface area (Å²) in [6.45, 7) is 2.01. The molecular weight excluding hydrogens is 509 g/mol. The first kappa shape index (κ1) is 29.1. The molecule has 9 nitrogen and oxygen atoms in total. The molecule has 1 saturated heterocycles. The molecule has 1 amide bonds. The fourth-order valence-corrected chi connectivity index (χ4v) is 3.87. The topological polar surface area (TPSA) is 115 Å². The highest BCUT2D eigenvalue weighted by Gasteiger charge is 2.19. The predicted octanol–water partition coefficient (Wildman–Crippen LogP) is 5.71. The molecule has 5 rings (SSSR count). The lowest BCUT2D eigenvalue weighted by Gasteiger charge is -2.15. The van der Waals surface area contributed by atoms with Crippen LogP contribution in [0.4, 0.5) is 30.8 Å². The molecule has 0 saturated carbocycles. The van der Waals surface area contributed by atoms with Gasteiger partial charge >= 0.3 is 6.68 Å². The summed E-state index contributed by atoms with van der Waals surface area (Å²) >= 11 is 0. The standard InChI is InChI=1S/C24H24N8O.C2H6.CHF3/c1-31-24(27-19-10-8-16(9-11-19)20-12-13-26-23(25)28-20)29-21(30-31)17-4-6-18(7-5-17)22(33)32-14-2-3-15-32;1-2;2-1(3)4/h4-13H,2-3,14-15H2,1H3,(H2,25,26,28)(H,27,29,30);1-2H3;1H. The summed E-state index contributed by atoms with van der Waals surface area (Å²) in [6.07, 6.45) is 3.80. The molecular formula is C27H31F3N8O. The number of nitrogens with one attached hydrogen (secondary N) is 1. The predicted molar refractivity (Wildman–Crippen MR) is 145 cm³/mol. The van der Waals surface area contributed by atoms with Gasteiger partial charge in [0.25, 0.3) is 5.91 Å². The van der Waals surface area contributed by atoms with E-state index < -0.39 is 6.68 Å². The SMILES string of the molecule is CC.Cn1nc(-c2ccc(C(=O)N3CCCC3)cc2)nc1Nc1ccc(-c2ccnc(N)n2)cc1.FC(F)F. The molecule has 1 aliphatic rings. The number of aryl methyl sites for hydroxylation is 1. The minimum atomic E-state index is -3.67. The van der Waals surface area contributed by atoms with Crippen molar-refractivity contribution in [3.63, 3.8) is 0 Å². The van der Waals surface area contributed by atoms with Gasteiger partial charge in [-0.3, -0.25) is 4.79 Å².